The fraction of sp³-hybridized carbons (Fsp3) is 0.389. The summed E-state index contributed by atoms with van der Waals surface area (Å²) in [7, 11) is 3.41. The normalized spacial score (nSPS) is 20.0. The van der Waals surface area contributed by atoms with E-state index < -0.39 is 0 Å². The topological polar surface area (TPSA) is 85.2 Å². The largest absolute Gasteiger partial charge is 0.496 e. The number of para-hydroxylation sites is 1. The summed E-state index contributed by atoms with van der Waals surface area (Å²) in [6, 6.07) is 7.03. The molecule has 7 heteroatoms. The predicted octanol–water partition coefficient (Wildman–Crippen LogP) is 1.11. The van der Waals surface area contributed by atoms with E-state index in [1.807, 2.05) is 37.5 Å². The molecule has 1 aromatic heterocycles. The number of benzene rings is 1. The second-order valence-electron chi connectivity index (χ2n) is 6.19. The molecular formula is C18H22N4O3. The van der Waals surface area contributed by atoms with Crippen LogP contribution >= 0.6 is 0 Å². The van der Waals surface area contributed by atoms with Crippen molar-refractivity contribution in [3.8, 4) is 5.75 Å². The van der Waals surface area contributed by atoms with Crippen LogP contribution in [0, 0.1) is 0 Å². The van der Waals surface area contributed by atoms with Crippen molar-refractivity contribution >= 4 is 11.8 Å². The van der Waals surface area contributed by atoms with Gasteiger partial charge in [-0.05, 0) is 12.5 Å². The Balaban J connectivity index is 1.71. The molecule has 0 aliphatic carbocycles. The Bertz CT molecular complexity index is 771. The number of carbonyl (C=O) groups excluding carboxylic acids is 2. The molecule has 0 bridgehead atoms. The number of nitrogens with zero attached hydrogens (tertiary/aromatic N) is 2. The highest BCUT2D eigenvalue weighted by atomic mass is 16.5. The first-order valence-electron chi connectivity index (χ1n) is 8.26. The summed E-state index contributed by atoms with van der Waals surface area (Å²) in [5.74, 6) is 0.585. The molecule has 132 valence electrons. The van der Waals surface area contributed by atoms with Crippen molar-refractivity contribution in [2.45, 2.75) is 31.3 Å². The molecule has 1 aromatic carbocycles. The molecule has 0 radical (unpaired) electrons. The molecule has 0 saturated carbocycles. The first-order valence-corrected chi connectivity index (χ1v) is 8.26. The van der Waals surface area contributed by atoms with Crippen LogP contribution in [0.25, 0.3) is 0 Å². The summed E-state index contributed by atoms with van der Waals surface area (Å²) in [5, 5.41) is 10.2. The summed E-state index contributed by atoms with van der Waals surface area (Å²) in [6.45, 7) is 0. The van der Waals surface area contributed by atoms with E-state index in [4.69, 9.17) is 4.74 Å². The van der Waals surface area contributed by atoms with Crippen molar-refractivity contribution in [1.82, 2.24) is 20.4 Å². The zero-order valence-electron chi connectivity index (χ0n) is 14.4. The van der Waals surface area contributed by atoms with Gasteiger partial charge in [0.25, 0.3) is 0 Å². The quantitative estimate of drug-likeness (QED) is 0.852. The molecule has 7 nitrogen and oxygen atoms in total. The first-order chi connectivity index (χ1) is 12.1. The van der Waals surface area contributed by atoms with Crippen LogP contribution in [0.1, 0.15) is 30.0 Å². The molecule has 2 amide bonds. The number of amides is 2. The van der Waals surface area contributed by atoms with Gasteiger partial charge in [-0.3, -0.25) is 14.3 Å². The van der Waals surface area contributed by atoms with E-state index in [1.54, 1.807) is 18.0 Å². The van der Waals surface area contributed by atoms with E-state index in [9.17, 15) is 9.59 Å². The van der Waals surface area contributed by atoms with Crippen LogP contribution < -0.4 is 15.4 Å². The number of hydrogen-bond acceptors (Lipinski definition) is 4. The molecule has 1 aliphatic rings. The molecule has 2 aromatic rings. The number of nitrogens with one attached hydrogen (secondary N) is 2. The first kappa shape index (κ1) is 17.0. The van der Waals surface area contributed by atoms with Gasteiger partial charge in [0.15, 0.2) is 0 Å². The highest BCUT2D eigenvalue weighted by Crippen LogP contribution is 2.24. The molecule has 2 heterocycles. The zero-order chi connectivity index (χ0) is 17.8. The van der Waals surface area contributed by atoms with Gasteiger partial charge < -0.3 is 15.4 Å². The van der Waals surface area contributed by atoms with Crippen LogP contribution in [0.3, 0.4) is 0 Å². The number of aryl methyl sites for hydroxylation is 1. The Morgan fingerprint density at radius 2 is 2.24 bits per heavy atom. The Hall–Kier alpha value is -2.83. The van der Waals surface area contributed by atoms with E-state index in [-0.39, 0.29) is 30.3 Å². The van der Waals surface area contributed by atoms with Crippen molar-refractivity contribution < 1.29 is 14.3 Å². The fourth-order valence-electron chi connectivity index (χ4n) is 3.15. The van der Waals surface area contributed by atoms with Crippen LogP contribution in [-0.4, -0.2) is 34.7 Å². The third kappa shape index (κ3) is 3.99. The van der Waals surface area contributed by atoms with Gasteiger partial charge in [-0.15, -0.1) is 0 Å². The lowest BCUT2D eigenvalue weighted by Crippen LogP contribution is -2.50. The maximum absolute atomic E-state index is 12.5. The molecule has 2 N–H and O–H groups in total. The minimum atomic E-state index is -0.267. The Morgan fingerprint density at radius 1 is 1.44 bits per heavy atom. The van der Waals surface area contributed by atoms with E-state index >= 15 is 0 Å². The number of aromatic nitrogens is 2. The molecule has 3 rings (SSSR count). The lowest BCUT2D eigenvalue weighted by Gasteiger charge is -2.32. The lowest BCUT2D eigenvalue weighted by molar-refractivity contribution is -0.126. The number of rotatable bonds is 5. The van der Waals surface area contributed by atoms with Gasteiger partial charge >= 0.3 is 0 Å². The summed E-state index contributed by atoms with van der Waals surface area (Å²) < 4.78 is 6.98. The molecule has 1 aliphatic heterocycles. The third-order valence-electron chi connectivity index (χ3n) is 4.38. The van der Waals surface area contributed by atoms with Gasteiger partial charge in [0, 0.05) is 30.8 Å². The van der Waals surface area contributed by atoms with Gasteiger partial charge in [0.1, 0.15) is 5.75 Å². The van der Waals surface area contributed by atoms with Crippen molar-refractivity contribution in [3.63, 3.8) is 0 Å². The van der Waals surface area contributed by atoms with Crippen LogP contribution in [0.5, 0.6) is 5.75 Å². The summed E-state index contributed by atoms with van der Waals surface area (Å²) in [5.41, 5.74) is 1.72. The fourth-order valence-corrected chi connectivity index (χ4v) is 3.15. The van der Waals surface area contributed by atoms with E-state index in [0.29, 0.717) is 18.6 Å². The van der Waals surface area contributed by atoms with Gasteiger partial charge in [-0.2, -0.15) is 5.10 Å². The number of ether oxygens (including phenoxy) is 1. The van der Waals surface area contributed by atoms with Gasteiger partial charge in [-0.25, -0.2) is 0 Å². The molecule has 1 fully saturated rings. The molecular weight excluding hydrogens is 320 g/mol. The number of methoxy groups -OCH3 is 1. The zero-order valence-corrected chi connectivity index (χ0v) is 14.4. The summed E-state index contributed by atoms with van der Waals surface area (Å²) in [6.07, 6.45) is 4.80. The van der Waals surface area contributed by atoms with Gasteiger partial charge in [0.05, 0.1) is 31.8 Å². The number of carbonyl (C=O) groups is 2. The molecule has 25 heavy (non-hydrogen) atoms. The average molecular weight is 342 g/mol. The van der Waals surface area contributed by atoms with E-state index in [0.717, 1.165) is 11.1 Å². The van der Waals surface area contributed by atoms with Crippen LogP contribution in [0.2, 0.25) is 0 Å². The van der Waals surface area contributed by atoms with Gasteiger partial charge in [0.2, 0.25) is 11.8 Å². The van der Waals surface area contributed by atoms with Crippen molar-refractivity contribution in [1.29, 1.82) is 0 Å². The molecule has 2 atom stereocenters. The second kappa shape index (κ2) is 7.38. The Labute approximate surface area is 146 Å². The van der Waals surface area contributed by atoms with Crippen molar-refractivity contribution in [3.05, 3.63) is 47.8 Å². The van der Waals surface area contributed by atoms with Crippen LogP contribution in [0.4, 0.5) is 0 Å². The summed E-state index contributed by atoms with van der Waals surface area (Å²) >= 11 is 0. The Kier molecular flexibility index (Phi) is 5.02. The van der Waals surface area contributed by atoms with E-state index in [2.05, 4.69) is 15.7 Å². The van der Waals surface area contributed by atoms with Crippen molar-refractivity contribution in [2.24, 2.45) is 7.05 Å². The Morgan fingerprint density at radius 3 is 2.96 bits per heavy atom. The molecule has 1 saturated heterocycles. The minimum absolute atomic E-state index is 0.0101. The average Bonchev–Trinajstić information content (AvgIpc) is 3.03. The van der Waals surface area contributed by atoms with Crippen molar-refractivity contribution in [2.75, 3.05) is 7.11 Å². The highest BCUT2D eigenvalue weighted by Gasteiger charge is 2.31. The van der Waals surface area contributed by atoms with Gasteiger partial charge in [-0.1, -0.05) is 18.2 Å². The SMILES string of the molecule is COc1ccccc1CC(=O)N[C@@H]1CCC(=O)N[C@H]1c1cnn(C)c1. The summed E-state index contributed by atoms with van der Waals surface area (Å²) in [4.78, 5) is 24.3. The monoisotopic (exact) mass is 342 g/mol. The molecule has 0 spiro atoms. The molecule has 0 unspecified atom stereocenters. The second-order valence-corrected chi connectivity index (χ2v) is 6.19. The number of hydrogen-bond donors (Lipinski definition) is 2. The maximum atomic E-state index is 12.5. The third-order valence-corrected chi connectivity index (χ3v) is 4.38. The highest BCUT2D eigenvalue weighted by molar-refractivity contribution is 5.81. The standard InChI is InChI=1S/C18H22N4O3/c1-22-11-13(10-19-22)18-14(7-8-16(23)21-18)20-17(24)9-12-5-3-4-6-15(12)25-2/h3-6,10-11,14,18H,7-9H2,1-2H3,(H,20,24)(H,21,23)/t14-,18+/m1/s1. The van der Waals surface area contributed by atoms with E-state index in [1.165, 1.54) is 0 Å². The lowest BCUT2D eigenvalue weighted by atomic mass is 9.93. The predicted molar refractivity (Wildman–Crippen MR) is 92.0 cm³/mol. The number of piperidine rings is 1. The maximum Gasteiger partial charge on any atom is 0.224 e. The van der Waals surface area contributed by atoms with Crippen LogP contribution in [-0.2, 0) is 23.1 Å². The minimum Gasteiger partial charge on any atom is -0.496 e. The van der Waals surface area contributed by atoms with Crippen LogP contribution in [0.15, 0.2) is 36.7 Å². The smallest absolute Gasteiger partial charge is 0.224 e.